The predicted octanol–water partition coefficient (Wildman–Crippen LogP) is 1.01. The third-order valence-electron chi connectivity index (χ3n) is 2.76. The first-order chi connectivity index (χ1) is 9.92. The highest BCUT2D eigenvalue weighted by Gasteiger charge is 2.15. The van der Waals surface area contributed by atoms with Gasteiger partial charge in [0.05, 0.1) is 4.90 Å². The summed E-state index contributed by atoms with van der Waals surface area (Å²) in [4.78, 5) is 4.12. The van der Waals surface area contributed by atoms with Crippen molar-refractivity contribution in [2.24, 2.45) is 5.73 Å². The van der Waals surface area contributed by atoms with E-state index in [0.717, 1.165) is 0 Å². The second-order valence-corrected chi connectivity index (χ2v) is 6.51. The Morgan fingerprint density at radius 3 is 2.81 bits per heavy atom. The molecule has 0 aliphatic heterocycles. The molecule has 0 spiro atoms. The van der Waals surface area contributed by atoms with Gasteiger partial charge >= 0.3 is 0 Å². The van der Waals surface area contributed by atoms with Gasteiger partial charge in [-0.3, -0.25) is 0 Å². The van der Waals surface area contributed by atoms with Crippen LogP contribution in [0.4, 0.5) is 0 Å². The zero-order chi connectivity index (χ0) is 15.5. The number of benzene rings is 1. The lowest BCUT2D eigenvalue weighted by Gasteiger charge is -2.08. The Balaban J connectivity index is 2.04. The minimum Gasteiger partial charge on any atom is -0.340 e. The van der Waals surface area contributed by atoms with Crippen molar-refractivity contribution in [3.05, 3.63) is 40.5 Å². The van der Waals surface area contributed by atoms with Crippen molar-refractivity contribution < 1.29 is 12.9 Å². The van der Waals surface area contributed by atoms with Gasteiger partial charge < -0.3 is 10.3 Å². The van der Waals surface area contributed by atoms with E-state index in [4.69, 9.17) is 21.9 Å². The van der Waals surface area contributed by atoms with E-state index in [1.54, 1.807) is 6.92 Å². The number of rotatable bonds is 6. The molecule has 0 bridgehead atoms. The van der Waals surface area contributed by atoms with E-state index >= 15 is 0 Å². The van der Waals surface area contributed by atoms with Gasteiger partial charge in [0.1, 0.15) is 0 Å². The Hall–Kier alpha value is -1.48. The standard InChI is InChI=1S/C12H15ClN4O3S/c1-8-16-12(17-20-8)4-5-15-21(18,19)10-2-3-11(13)9(6-10)7-14/h2-3,6,15H,4-5,7,14H2,1H3. The maximum atomic E-state index is 12.1. The lowest BCUT2D eigenvalue weighted by Crippen LogP contribution is -2.26. The SMILES string of the molecule is Cc1nc(CCNS(=O)(=O)c2ccc(Cl)c(CN)c2)no1. The van der Waals surface area contributed by atoms with Gasteiger partial charge in [0.25, 0.3) is 0 Å². The van der Waals surface area contributed by atoms with Crippen LogP contribution in [0.5, 0.6) is 0 Å². The van der Waals surface area contributed by atoms with E-state index < -0.39 is 10.0 Å². The zero-order valence-corrected chi connectivity index (χ0v) is 12.9. The Labute approximate surface area is 127 Å². The largest absolute Gasteiger partial charge is 0.340 e. The number of nitrogens with zero attached hydrogens (tertiary/aromatic N) is 2. The molecule has 114 valence electrons. The van der Waals surface area contributed by atoms with Gasteiger partial charge in [-0.25, -0.2) is 13.1 Å². The molecule has 7 nitrogen and oxygen atoms in total. The van der Waals surface area contributed by atoms with Crippen LogP contribution < -0.4 is 10.5 Å². The lowest BCUT2D eigenvalue weighted by molar-refractivity contribution is 0.387. The zero-order valence-electron chi connectivity index (χ0n) is 11.3. The average molecular weight is 331 g/mol. The van der Waals surface area contributed by atoms with Crippen LogP contribution in [-0.2, 0) is 23.0 Å². The van der Waals surface area contributed by atoms with Crippen molar-refractivity contribution in [1.82, 2.24) is 14.9 Å². The number of nitrogens with one attached hydrogen (secondary N) is 1. The molecule has 1 heterocycles. The fourth-order valence-corrected chi connectivity index (χ4v) is 2.97. The molecule has 1 aromatic heterocycles. The molecule has 3 N–H and O–H groups in total. The molecule has 0 amide bonds. The Bertz CT molecular complexity index is 730. The summed E-state index contributed by atoms with van der Waals surface area (Å²) in [5.41, 5.74) is 6.09. The third-order valence-corrected chi connectivity index (χ3v) is 4.59. The van der Waals surface area contributed by atoms with Crippen LogP contribution in [0.15, 0.2) is 27.6 Å². The summed E-state index contributed by atoms with van der Waals surface area (Å²) >= 11 is 5.91. The van der Waals surface area contributed by atoms with Crippen LogP contribution in [0.2, 0.25) is 5.02 Å². The van der Waals surface area contributed by atoms with Gasteiger partial charge in [0, 0.05) is 31.5 Å². The molecule has 21 heavy (non-hydrogen) atoms. The van der Waals surface area contributed by atoms with Crippen molar-refractivity contribution in [1.29, 1.82) is 0 Å². The molecule has 1 aromatic carbocycles. The number of aromatic nitrogens is 2. The van der Waals surface area contributed by atoms with Gasteiger partial charge in [-0.15, -0.1) is 0 Å². The van der Waals surface area contributed by atoms with Gasteiger partial charge in [0.2, 0.25) is 15.9 Å². The van der Waals surface area contributed by atoms with Gasteiger partial charge in [0.15, 0.2) is 5.82 Å². The number of sulfonamides is 1. The van der Waals surface area contributed by atoms with E-state index in [0.29, 0.717) is 28.7 Å². The second kappa shape index (κ2) is 6.52. The van der Waals surface area contributed by atoms with Crippen molar-refractivity contribution in [3.8, 4) is 0 Å². The number of halogens is 1. The number of hydrogen-bond donors (Lipinski definition) is 2. The first-order valence-corrected chi connectivity index (χ1v) is 8.06. The van der Waals surface area contributed by atoms with Gasteiger partial charge in [-0.2, -0.15) is 4.98 Å². The highest BCUT2D eigenvalue weighted by atomic mass is 35.5. The molecule has 0 saturated heterocycles. The molecule has 9 heteroatoms. The predicted molar refractivity (Wildman–Crippen MR) is 77.3 cm³/mol. The highest BCUT2D eigenvalue weighted by Crippen LogP contribution is 2.19. The molecule has 0 aliphatic carbocycles. The molecule has 2 aromatic rings. The fraction of sp³-hybridized carbons (Fsp3) is 0.333. The molecule has 0 atom stereocenters. The number of aryl methyl sites for hydroxylation is 1. The minimum absolute atomic E-state index is 0.122. The van der Waals surface area contributed by atoms with Crippen molar-refractivity contribution >= 4 is 21.6 Å². The maximum absolute atomic E-state index is 12.1. The Kier molecular flexibility index (Phi) is 4.94. The highest BCUT2D eigenvalue weighted by molar-refractivity contribution is 7.89. The average Bonchev–Trinajstić information content (AvgIpc) is 2.84. The summed E-state index contributed by atoms with van der Waals surface area (Å²) < 4.78 is 31.6. The third kappa shape index (κ3) is 4.01. The van der Waals surface area contributed by atoms with Crippen LogP contribution in [0.1, 0.15) is 17.3 Å². The van der Waals surface area contributed by atoms with Crippen molar-refractivity contribution in [2.75, 3.05) is 6.54 Å². The maximum Gasteiger partial charge on any atom is 0.240 e. The minimum atomic E-state index is -3.62. The second-order valence-electron chi connectivity index (χ2n) is 4.33. The van der Waals surface area contributed by atoms with Crippen molar-refractivity contribution in [3.63, 3.8) is 0 Å². The first kappa shape index (κ1) is 15.9. The molecule has 0 unspecified atom stereocenters. The van der Waals surface area contributed by atoms with E-state index in [1.165, 1.54) is 18.2 Å². The topological polar surface area (TPSA) is 111 Å². The van der Waals surface area contributed by atoms with Crippen molar-refractivity contribution in [2.45, 2.75) is 24.8 Å². The summed E-state index contributed by atoms with van der Waals surface area (Å²) in [5.74, 6) is 0.895. The van der Waals surface area contributed by atoms with Gasteiger partial charge in [-0.1, -0.05) is 16.8 Å². The fourth-order valence-electron chi connectivity index (χ4n) is 1.70. The normalized spacial score (nSPS) is 11.8. The molecule has 0 fully saturated rings. The smallest absolute Gasteiger partial charge is 0.240 e. The molecule has 0 saturated carbocycles. The Morgan fingerprint density at radius 2 is 2.19 bits per heavy atom. The first-order valence-electron chi connectivity index (χ1n) is 6.20. The molecule has 0 aliphatic rings. The van der Waals surface area contributed by atoms with Crippen LogP contribution >= 0.6 is 11.6 Å². The van der Waals surface area contributed by atoms with Crippen LogP contribution in [0, 0.1) is 6.92 Å². The van der Waals surface area contributed by atoms with E-state index in [1.807, 2.05) is 0 Å². The lowest BCUT2D eigenvalue weighted by atomic mass is 10.2. The summed E-state index contributed by atoms with van der Waals surface area (Å²) in [5, 5.41) is 4.14. The molecular weight excluding hydrogens is 316 g/mol. The summed E-state index contributed by atoms with van der Waals surface area (Å²) in [7, 11) is -3.62. The monoisotopic (exact) mass is 330 g/mol. The van der Waals surface area contributed by atoms with Crippen LogP contribution in [0.25, 0.3) is 0 Å². The van der Waals surface area contributed by atoms with Gasteiger partial charge in [-0.05, 0) is 23.8 Å². The van der Waals surface area contributed by atoms with Crippen LogP contribution in [0.3, 0.4) is 0 Å². The van der Waals surface area contributed by atoms with E-state index in [9.17, 15) is 8.42 Å². The summed E-state index contributed by atoms with van der Waals surface area (Å²) in [6, 6.07) is 4.41. The van der Waals surface area contributed by atoms with E-state index in [2.05, 4.69) is 14.9 Å². The Morgan fingerprint density at radius 1 is 1.43 bits per heavy atom. The van der Waals surface area contributed by atoms with E-state index in [-0.39, 0.29) is 18.0 Å². The summed E-state index contributed by atoms with van der Waals surface area (Å²) in [6.07, 6.45) is 0.341. The number of nitrogens with two attached hydrogens (primary N) is 1. The molecular formula is C12H15ClN4O3S. The molecule has 2 rings (SSSR count). The quantitative estimate of drug-likeness (QED) is 0.817. The molecule has 0 radical (unpaired) electrons. The number of hydrogen-bond acceptors (Lipinski definition) is 6. The summed E-state index contributed by atoms with van der Waals surface area (Å²) in [6.45, 7) is 2.01. The van der Waals surface area contributed by atoms with Crippen LogP contribution in [-0.4, -0.2) is 25.1 Å².